The molecule has 0 radical (unpaired) electrons. The number of nitrogens with zero attached hydrogens (tertiary/aromatic N) is 3. The van der Waals surface area contributed by atoms with Gasteiger partial charge in [0.1, 0.15) is 5.82 Å². The summed E-state index contributed by atoms with van der Waals surface area (Å²) in [5.41, 5.74) is 5.05. The Bertz CT molecular complexity index is 488. The Balaban J connectivity index is 1.73. The van der Waals surface area contributed by atoms with Gasteiger partial charge in [0.15, 0.2) is 5.69 Å². The van der Waals surface area contributed by atoms with E-state index < -0.39 is 11.9 Å². The zero-order chi connectivity index (χ0) is 14.3. The third kappa shape index (κ3) is 2.68. The van der Waals surface area contributed by atoms with Crippen LogP contribution >= 0.6 is 0 Å². The second-order valence-electron chi connectivity index (χ2n) is 5.39. The summed E-state index contributed by atoms with van der Waals surface area (Å²) in [4.78, 5) is 5.82. The van der Waals surface area contributed by atoms with E-state index >= 15 is 0 Å². The summed E-state index contributed by atoms with van der Waals surface area (Å²) < 4.78 is 45.0. The number of hydrogen-bond donors (Lipinski definition) is 1. The van der Waals surface area contributed by atoms with E-state index in [0.29, 0.717) is 38.7 Å². The van der Waals surface area contributed by atoms with Gasteiger partial charge in [-0.15, -0.1) is 0 Å². The van der Waals surface area contributed by atoms with Gasteiger partial charge in [0.25, 0.3) is 0 Å². The lowest BCUT2D eigenvalue weighted by molar-refractivity contribution is -0.141. The lowest BCUT2D eigenvalue weighted by Crippen LogP contribution is -2.50. The topological polar surface area (TPSA) is 56.3 Å². The van der Waals surface area contributed by atoms with Crippen LogP contribution in [0, 0.1) is 0 Å². The Morgan fingerprint density at radius 1 is 1.30 bits per heavy atom. The molecule has 0 aliphatic carbocycles. The molecule has 2 aliphatic heterocycles. The summed E-state index contributed by atoms with van der Waals surface area (Å²) >= 11 is 0. The molecule has 1 aromatic heterocycles. The van der Waals surface area contributed by atoms with Gasteiger partial charge in [-0.25, -0.2) is 4.98 Å². The van der Waals surface area contributed by atoms with Crippen molar-refractivity contribution in [2.45, 2.75) is 37.8 Å². The van der Waals surface area contributed by atoms with Crippen LogP contribution in [0.25, 0.3) is 0 Å². The van der Waals surface area contributed by atoms with E-state index in [4.69, 9.17) is 10.5 Å². The number of aromatic nitrogens is 2. The normalized spacial score (nSPS) is 28.4. The van der Waals surface area contributed by atoms with Crippen molar-refractivity contribution in [3.05, 3.63) is 17.7 Å². The first-order valence-corrected chi connectivity index (χ1v) is 6.64. The maximum Gasteiger partial charge on any atom is 0.434 e. The van der Waals surface area contributed by atoms with Crippen molar-refractivity contribution in [3.63, 3.8) is 0 Å². The molecule has 2 aliphatic rings. The molecule has 0 aromatic carbocycles. The molecule has 1 fully saturated rings. The highest BCUT2D eigenvalue weighted by Crippen LogP contribution is 2.30. The molecule has 3 rings (SSSR count). The maximum atomic E-state index is 12.7. The predicted molar refractivity (Wildman–Crippen MR) is 64.8 cm³/mol. The lowest BCUT2D eigenvalue weighted by atomic mass is 10.0. The maximum absolute atomic E-state index is 12.7. The first-order chi connectivity index (χ1) is 9.43. The van der Waals surface area contributed by atoms with Crippen LogP contribution in [0.1, 0.15) is 17.9 Å². The van der Waals surface area contributed by atoms with Gasteiger partial charge >= 0.3 is 6.18 Å². The van der Waals surface area contributed by atoms with Crippen LogP contribution in [0.5, 0.6) is 0 Å². The Hall–Kier alpha value is -1.12. The highest BCUT2D eigenvalue weighted by molar-refractivity contribution is 5.09. The Morgan fingerprint density at radius 3 is 2.80 bits per heavy atom. The molecule has 2 atom stereocenters. The van der Waals surface area contributed by atoms with E-state index in [1.165, 1.54) is 0 Å². The fourth-order valence-electron chi connectivity index (χ4n) is 2.81. The van der Waals surface area contributed by atoms with Gasteiger partial charge in [0.2, 0.25) is 0 Å². The largest absolute Gasteiger partial charge is 0.434 e. The summed E-state index contributed by atoms with van der Waals surface area (Å²) in [6.45, 7) is 2.76. The van der Waals surface area contributed by atoms with Gasteiger partial charge in [0.05, 0.1) is 19.8 Å². The molecule has 0 saturated carbocycles. The number of halogens is 3. The van der Waals surface area contributed by atoms with Crippen molar-refractivity contribution in [1.82, 2.24) is 14.5 Å². The van der Waals surface area contributed by atoms with Gasteiger partial charge in [-0.1, -0.05) is 0 Å². The van der Waals surface area contributed by atoms with Gasteiger partial charge in [-0.05, 0) is 6.42 Å². The average Bonchev–Trinajstić information content (AvgIpc) is 2.81. The fourth-order valence-corrected chi connectivity index (χ4v) is 2.81. The first kappa shape index (κ1) is 13.8. The van der Waals surface area contributed by atoms with Crippen LogP contribution in [0.4, 0.5) is 13.2 Å². The first-order valence-electron chi connectivity index (χ1n) is 6.64. The summed E-state index contributed by atoms with van der Waals surface area (Å²) in [6, 6.07) is 0.166. The molecular formula is C12H17F3N4O. The second kappa shape index (κ2) is 5.01. The van der Waals surface area contributed by atoms with E-state index in [9.17, 15) is 13.2 Å². The van der Waals surface area contributed by atoms with Gasteiger partial charge < -0.3 is 15.0 Å². The molecule has 1 saturated heterocycles. The molecule has 20 heavy (non-hydrogen) atoms. The Morgan fingerprint density at radius 2 is 2.10 bits per heavy atom. The minimum Gasteiger partial charge on any atom is -0.378 e. The van der Waals surface area contributed by atoms with Crippen LogP contribution in [-0.4, -0.2) is 46.3 Å². The van der Waals surface area contributed by atoms with E-state index in [2.05, 4.69) is 9.88 Å². The van der Waals surface area contributed by atoms with Crippen LogP contribution in [0.2, 0.25) is 0 Å². The van der Waals surface area contributed by atoms with E-state index in [1.807, 2.05) is 0 Å². The van der Waals surface area contributed by atoms with Crippen molar-refractivity contribution in [2.75, 3.05) is 19.8 Å². The highest BCUT2D eigenvalue weighted by atomic mass is 19.4. The molecular weight excluding hydrogens is 273 g/mol. The number of fused-ring (bicyclic) bond motifs is 1. The summed E-state index contributed by atoms with van der Waals surface area (Å²) in [5.74, 6) is 0.461. The zero-order valence-corrected chi connectivity index (χ0v) is 10.9. The molecule has 112 valence electrons. The predicted octanol–water partition coefficient (Wildman–Crippen LogP) is 0.834. The smallest absolute Gasteiger partial charge is 0.378 e. The molecule has 2 N–H and O–H groups in total. The molecule has 0 bridgehead atoms. The van der Waals surface area contributed by atoms with E-state index in [0.717, 1.165) is 12.6 Å². The minimum atomic E-state index is -4.38. The standard InChI is InChI=1S/C12H17F3N4O/c13-12(14,15)10-4-19-2-1-18(5-11(19)17-10)9-3-8(16)6-20-7-9/h4,8-9H,1-3,5-7,16H2/t8-,9+/m0/s1. The van der Waals surface area contributed by atoms with Gasteiger partial charge in [0, 0.05) is 31.4 Å². The number of rotatable bonds is 1. The quantitative estimate of drug-likeness (QED) is 0.832. The minimum absolute atomic E-state index is 0.00107. The number of hydrogen-bond acceptors (Lipinski definition) is 4. The molecule has 5 nitrogen and oxygen atoms in total. The van der Waals surface area contributed by atoms with Crippen LogP contribution in [0.3, 0.4) is 0 Å². The average molecular weight is 290 g/mol. The molecule has 0 amide bonds. The van der Waals surface area contributed by atoms with Crippen LogP contribution < -0.4 is 5.73 Å². The van der Waals surface area contributed by atoms with Crippen molar-refractivity contribution >= 4 is 0 Å². The molecule has 3 heterocycles. The summed E-state index contributed by atoms with van der Waals surface area (Å²) in [7, 11) is 0. The monoisotopic (exact) mass is 290 g/mol. The van der Waals surface area contributed by atoms with Gasteiger partial charge in [-0.2, -0.15) is 13.2 Å². The fraction of sp³-hybridized carbons (Fsp3) is 0.750. The van der Waals surface area contributed by atoms with Crippen molar-refractivity contribution in [1.29, 1.82) is 0 Å². The summed E-state index contributed by atoms with van der Waals surface area (Å²) in [5, 5.41) is 0. The second-order valence-corrected chi connectivity index (χ2v) is 5.39. The molecule has 0 spiro atoms. The molecule has 0 unspecified atom stereocenters. The number of ether oxygens (including phenoxy) is 1. The number of imidazole rings is 1. The SMILES string of the molecule is N[C@@H]1COC[C@H](N2CCn3cc(C(F)(F)F)nc3C2)C1. The summed E-state index contributed by atoms with van der Waals surface area (Å²) in [6.07, 6.45) is -2.48. The van der Waals surface area contributed by atoms with Gasteiger partial charge in [-0.3, -0.25) is 4.90 Å². The zero-order valence-electron chi connectivity index (χ0n) is 10.9. The number of nitrogens with two attached hydrogens (primary N) is 1. The van der Waals surface area contributed by atoms with Crippen LogP contribution in [0.15, 0.2) is 6.20 Å². The Kier molecular flexibility index (Phi) is 3.47. The van der Waals surface area contributed by atoms with E-state index in [1.54, 1.807) is 4.57 Å². The van der Waals surface area contributed by atoms with Crippen LogP contribution in [-0.2, 0) is 24.0 Å². The number of alkyl halides is 3. The third-order valence-electron chi connectivity index (χ3n) is 3.86. The lowest BCUT2D eigenvalue weighted by Gasteiger charge is -2.38. The molecule has 8 heteroatoms. The Labute approximate surface area is 114 Å². The van der Waals surface area contributed by atoms with Crippen molar-refractivity contribution < 1.29 is 17.9 Å². The highest BCUT2D eigenvalue weighted by Gasteiger charge is 2.36. The van der Waals surface area contributed by atoms with Crippen molar-refractivity contribution in [3.8, 4) is 0 Å². The third-order valence-corrected chi connectivity index (χ3v) is 3.86. The van der Waals surface area contributed by atoms with Crippen molar-refractivity contribution in [2.24, 2.45) is 5.73 Å². The molecule has 1 aromatic rings. The van der Waals surface area contributed by atoms with E-state index in [-0.39, 0.29) is 12.1 Å².